The predicted octanol–water partition coefficient (Wildman–Crippen LogP) is 7.32. The first-order valence-electron chi connectivity index (χ1n) is 10.6. The van der Waals surface area contributed by atoms with Gasteiger partial charge in [-0.3, -0.25) is 4.79 Å². The molecule has 0 spiro atoms. The van der Waals surface area contributed by atoms with Crippen LogP contribution in [0.2, 0.25) is 10.0 Å². The second-order valence-electron chi connectivity index (χ2n) is 7.57. The molecular weight excluding hydrogens is 421 g/mol. The van der Waals surface area contributed by atoms with Gasteiger partial charge in [0.25, 0.3) is 5.91 Å². The van der Waals surface area contributed by atoms with E-state index in [1.807, 2.05) is 24.3 Å². The molecule has 0 radical (unpaired) electrons. The first-order chi connectivity index (χ1) is 14.3. The van der Waals surface area contributed by atoms with Gasteiger partial charge in [-0.15, -0.1) is 0 Å². The molecule has 2 aromatic rings. The van der Waals surface area contributed by atoms with Crippen molar-refractivity contribution in [1.82, 2.24) is 0 Å². The van der Waals surface area contributed by atoms with Crippen LogP contribution in [0.15, 0.2) is 30.3 Å². The van der Waals surface area contributed by atoms with Crippen molar-refractivity contribution in [2.24, 2.45) is 0 Å². The number of nitrogens with one attached hydrogen (secondary N) is 1. The van der Waals surface area contributed by atoms with Gasteiger partial charge in [0, 0.05) is 5.02 Å². The van der Waals surface area contributed by atoms with Gasteiger partial charge in [-0.1, -0.05) is 80.4 Å². The SMILES string of the molecule is CCCCCCCCc1ccccc1OC(C)C(=O)Nc1cc(Cl)c(C)c(Cl)c1O. The lowest BCUT2D eigenvalue weighted by molar-refractivity contribution is -0.122. The molecule has 0 bridgehead atoms. The van der Waals surface area contributed by atoms with E-state index in [9.17, 15) is 9.90 Å². The number of phenolic OH excluding ortho intramolecular Hbond substituents is 1. The number of para-hydroxylation sites is 1. The number of hydrogen-bond donors (Lipinski definition) is 2. The molecule has 164 valence electrons. The number of carbonyl (C=O) groups is 1. The van der Waals surface area contributed by atoms with E-state index in [1.165, 1.54) is 38.2 Å². The monoisotopic (exact) mass is 451 g/mol. The van der Waals surface area contributed by atoms with Gasteiger partial charge in [0.05, 0.1) is 10.7 Å². The van der Waals surface area contributed by atoms with Crippen LogP contribution in [-0.4, -0.2) is 17.1 Å². The van der Waals surface area contributed by atoms with Gasteiger partial charge in [-0.2, -0.15) is 0 Å². The number of amides is 1. The lowest BCUT2D eigenvalue weighted by Crippen LogP contribution is -2.30. The first-order valence-corrected chi connectivity index (χ1v) is 11.3. The zero-order valence-electron chi connectivity index (χ0n) is 17.9. The smallest absolute Gasteiger partial charge is 0.265 e. The van der Waals surface area contributed by atoms with Crippen molar-refractivity contribution in [1.29, 1.82) is 0 Å². The predicted molar refractivity (Wildman–Crippen MR) is 125 cm³/mol. The molecule has 0 heterocycles. The fraction of sp³-hybridized carbons (Fsp3) is 0.458. The summed E-state index contributed by atoms with van der Waals surface area (Å²) in [5, 5.41) is 13.3. The van der Waals surface area contributed by atoms with Crippen LogP contribution in [0.5, 0.6) is 11.5 Å². The fourth-order valence-electron chi connectivity index (χ4n) is 3.20. The third-order valence-corrected chi connectivity index (χ3v) is 5.98. The molecule has 2 aromatic carbocycles. The standard InChI is InChI=1S/C24H31Cl2NO3/c1-4-5-6-7-8-9-12-18-13-10-11-14-21(18)30-17(3)24(29)27-20-15-19(25)16(2)22(26)23(20)28/h10-11,13-15,17,28H,4-9,12H2,1-3H3,(H,27,29). The number of ether oxygens (including phenoxy) is 1. The molecule has 1 atom stereocenters. The number of halogens is 2. The van der Waals surface area contributed by atoms with Crippen LogP contribution in [0.25, 0.3) is 0 Å². The van der Waals surface area contributed by atoms with E-state index in [4.69, 9.17) is 27.9 Å². The van der Waals surface area contributed by atoms with Gasteiger partial charge in [0.15, 0.2) is 11.9 Å². The molecular formula is C24H31Cl2NO3. The van der Waals surface area contributed by atoms with Crippen molar-refractivity contribution in [2.45, 2.75) is 71.8 Å². The minimum Gasteiger partial charge on any atom is -0.504 e. The molecule has 1 amide bonds. The van der Waals surface area contributed by atoms with E-state index in [0.29, 0.717) is 16.3 Å². The molecule has 2 N–H and O–H groups in total. The van der Waals surface area contributed by atoms with Crippen molar-refractivity contribution >= 4 is 34.8 Å². The van der Waals surface area contributed by atoms with Crippen LogP contribution in [-0.2, 0) is 11.2 Å². The average Bonchev–Trinajstić information content (AvgIpc) is 2.73. The van der Waals surface area contributed by atoms with Crippen molar-refractivity contribution in [3.63, 3.8) is 0 Å². The number of aromatic hydroxyl groups is 1. The molecule has 0 saturated heterocycles. The molecule has 0 aliphatic heterocycles. The average molecular weight is 452 g/mol. The number of phenols is 1. The van der Waals surface area contributed by atoms with Crippen molar-refractivity contribution < 1.29 is 14.6 Å². The molecule has 0 fully saturated rings. The second kappa shape index (κ2) is 12.1. The van der Waals surface area contributed by atoms with Crippen LogP contribution < -0.4 is 10.1 Å². The van der Waals surface area contributed by atoms with Crippen LogP contribution in [0, 0.1) is 6.92 Å². The molecule has 6 heteroatoms. The van der Waals surface area contributed by atoms with Gasteiger partial charge in [0.1, 0.15) is 5.75 Å². The zero-order valence-corrected chi connectivity index (χ0v) is 19.4. The number of rotatable bonds is 11. The first kappa shape index (κ1) is 24.4. The minimum absolute atomic E-state index is 0.121. The Bertz CT molecular complexity index is 855. The Labute approximate surface area is 189 Å². The number of aryl methyl sites for hydroxylation is 1. The molecule has 1 unspecified atom stereocenters. The highest BCUT2D eigenvalue weighted by atomic mass is 35.5. The molecule has 4 nitrogen and oxygen atoms in total. The second-order valence-corrected chi connectivity index (χ2v) is 8.35. The highest BCUT2D eigenvalue weighted by Crippen LogP contribution is 2.38. The highest BCUT2D eigenvalue weighted by Gasteiger charge is 2.20. The number of benzene rings is 2. The minimum atomic E-state index is -0.756. The fourth-order valence-corrected chi connectivity index (χ4v) is 3.65. The Morgan fingerprint density at radius 2 is 1.80 bits per heavy atom. The largest absolute Gasteiger partial charge is 0.504 e. The summed E-state index contributed by atoms with van der Waals surface area (Å²) < 4.78 is 5.94. The summed E-state index contributed by atoms with van der Waals surface area (Å²) in [6, 6.07) is 9.29. The van der Waals surface area contributed by atoms with E-state index >= 15 is 0 Å². The molecule has 0 saturated carbocycles. The van der Waals surface area contributed by atoms with Gasteiger partial charge in [-0.05, 0) is 49.9 Å². The van der Waals surface area contributed by atoms with Crippen LogP contribution >= 0.6 is 23.2 Å². The number of unbranched alkanes of at least 4 members (excludes halogenated alkanes) is 5. The zero-order chi connectivity index (χ0) is 22.1. The molecule has 0 aromatic heterocycles. The topological polar surface area (TPSA) is 58.6 Å². The summed E-state index contributed by atoms with van der Waals surface area (Å²) >= 11 is 12.2. The molecule has 0 aliphatic carbocycles. The third-order valence-electron chi connectivity index (χ3n) is 5.12. The van der Waals surface area contributed by atoms with Crippen molar-refractivity contribution in [3.8, 4) is 11.5 Å². The van der Waals surface area contributed by atoms with Crippen LogP contribution in [0.3, 0.4) is 0 Å². The van der Waals surface area contributed by atoms with Crippen LogP contribution in [0.1, 0.15) is 63.5 Å². The summed E-state index contributed by atoms with van der Waals surface area (Å²) in [7, 11) is 0. The Hall–Kier alpha value is -1.91. The van der Waals surface area contributed by atoms with E-state index in [-0.39, 0.29) is 16.5 Å². The maximum atomic E-state index is 12.6. The van der Waals surface area contributed by atoms with E-state index in [1.54, 1.807) is 13.8 Å². The normalized spacial score (nSPS) is 11.9. The third kappa shape index (κ3) is 6.82. The maximum absolute atomic E-state index is 12.6. The highest BCUT2D eigenvalue weighted by molar-refractivity contribution is 6.37. The van der Waals surface area contributed by atoms with Gasteiger partial charge < -0.3 is 15.2 Å². The summed E-state index contributed by atoms with van der Waals surface area (Å²) in [5.74, 6) is 0.108. The van der Waals surface area contributed by atoms with Crippen molar-refractivity contribution in [2.75, 3.05) is 5.32 Å². The lowest BCUT2D eigenvalue weighted by atomic mass is 10.0. The van der Waals surface area contributed by atoms with Gasteiger partial charge >= 0.3 is 0 Å². The Balaban J connectivity index is 1.97. The Morgan fingerprint density at radius 3 is 2.53 bits per heavy atom. The molecule has 0 aliphatic rings. The Morgan fingerprint density at radius 1 is 1.13 bits per heavy atom. The van der Waals surface area contributed by atoms with Gasteiger partial charge in [-0.25, -0.2) is 0 Å². The van der Waals surface area contributed by atoms with E-state index in [2.05, 4.69) is 12.2 Å². The molecule has 2 rings (SSSR count). The van der Waals surface area contributed by atoms with Crippen LogP contribution in [0.4, 0.5) is 5.69 Å². The van der Waals surface area contributed by atoms with E-state index < -0.39 is 12.0 Å². The maximum Gasteiger partial charge on any atom is 0.265 e. The molecule has 30 heavy (non-hydrogen) atoms. The summed E-state index contributed by atoms with van der Waals surface area (Å²) in [6.45, 7) is 5.59. The van der Waals surface area contributed by atoms with E-state index in [0.717, 1.165) is 18.4 Å². The lowest BCUT2D eigenvalue weighted by Gasteiger charge is -2.18. The summed E-state index contributed by atoms with van der Waals surface area (Å²) in [5.41, 5.74) is 1.81. The number of carbonyl (C=O) groups excluding carboxylic acids is 1. The van der Waals surface area contributed by atoms with Gasteiger partial charge in [0.2, 0.25) is 0 Å². The summed E-state index contributed by atoms with van der Waals surface area (Å²) in [6.07, 6.45) is 7.52. The van der Waals surface area contributed by atoms with Crippen molar-refractivity contribution in [3.05, 3.63) is 51.5 Å². The number of hydrogen-bond acceptors (Lipinski definition) is 3. The Kier molecular flexibility index (Phi) is 9.80. The summed E-state index contributed by atoms with van der Waals surface area (Å²) in [4.78, 5) is 12.6. The number of anilines is 1. The quantitative estimate of drug-likeness (QED) is 0.277.